The minimum absolute atomic E-state index is 0.473. The van der Waals surface area contributed by atoms with Gasteiger partial charge in [0.2, 0.25) is 0 Å². The second kappa shape index (κ2) is 8.16. The molecule has 2 saturated heterocycles. The van der Waals surface area contributed by atoms with Crippen molar-refractivity contribution in [2.75, 3.05) is 55.4 Å². The molecule has 152 valence electrons. The number of thioether (sulfide) groups is 1. The van der Waals surface area contributed by atoms with Crippen LogP contribution >= 0.6 is 11.8 Å². The van der Waals surface area contributed by atoms with Crippen molar-refractivity contribution < 1.29 is 4.74 Å². The van der Waals surface area contributed by atoms with E-state index in [0.29, 0.717) is 5.92 Å². The second-order valence-corrected chi connectivity index (χ2v) is 8.18. The highest BCUT2D eigenvalue weighted by Crippen LogP contribution is 2.30. The summed E-state index contributed by atoms with van der Waals surface area (Å²) in [6, 6.07) is 4.21. The quantitative estimate of drug-likeness (QED) is 0.479. The standard InChI is InChI=1S/C20H25N7OS/c1-29-20-23-16(15-3-12-28-13-4-15)14-18(24-20)25-8-10-26(11-9-25)19-17-2-5-22-27(17)7-6-21-19/h2,5-7,14-15H,3-4,8-13H2,1H3. The van der Waals surface area contributed by atoms with Gasteiger partial charge < -0.3 is 14.5 Å². The summed E-state index contributed by atoms with van der Waals surface area (Å²) >= 11 is 1.61. The molecule has 8 nitrogen and oxygen atoms in total. The Labute approximate surface area is 174 Å². The van der Waals surface area contributed by atoms with E-state index in [0.717, 1.165) is 80.2 Å². The molecule has 2 aliphatic heterocycles. The molecule has 5 heterocycles. The number of ether oxygens (including phenoxy) is 1. The van der Waals surface area contributed by atoms with Crippen LogP contribution in [0.4, 0.5) is 11.6 Å². The van der Waals surface area contributed by atoms with Gasteiger partial charge in [0.25, 0.3) is 0 Å². The fourth-order valence-corrected chi connectivity index (χ4v) is 4.50. The molecule has 29 heavy (non-hydrogen) atoms. The van der Waals surface area contributed by atoms with Crippen molar-refractivity contribution in [3.8, 4) is 0 Å². The van der Waals surface area contributed by atoms with Gasteiger partial charge in [0.05, 0.1) is 11.9 Å². The van der Waals surface area contributed by atoms with Crippen LogP contribution in [0, 0.1) is 0 Å². The SMILES string of the molecule is CSc1nc(C2CCOCC2)cc(N2CCN(c3nccn4nccc34)CC2)n1. The second-order valence-electron chi connectivity index (χ2n) is 7.41. The fraction of sp³-hybridized carbons (Fsp3) is 0.500. The first kappa shape index (κ1) is 18.6. The molecule has 2 aliphatic rings. The molecule has 0 radical (unpaired) electrons. The Bertz CT molecular complexity index is 980. The number of rotatable bonds is 4. The Morgan fingerprint density at radius 1 is 1.03 bits per heavy atom. The highest BCUT2D eigenvalue weighted by molar-refractivity contribution is 7.98. The third-order valence-electron chi connectivity index (χ3n) is 5.74. The fourth-order valence-electron chi connectivity index (χ4n) is 4.12. The van der Waals surface area contributed by atoms with Crippen molar-refractivity contribution in [2.24, 2.45) is 0 Å². The van der Waals surface area contributed by atoms with Gasteiger partial charge in [0.15, 0.2) is 11.0 Å². The minimum Gasteiger partial charge on any atom is -0.381 e. The van der Waals surface area contributed by atoms with E-state index in [9.17, 15) is 0 Å². The molecule has 0 spiro atoms. The van der Waals surface area contributed by atoms with Gasteiger partial charge in [-0.3, -0.25) is 0 Å². The van der Waals surface area contributed by atoms with Crippen molar-refractivity contribution >= 4 is 28.9 Å². The van der Waals surface area contributed by atoms with Gasteiger partial charge in [0.1, 0.15) is 11.3 Å². The first-order valence-corrected chi connectivity index (χ1v) is 11.3. The highest BCUT2D eigenvalue weighted by atomic mass is 32.2. The van der Waals surface area contributed by atoms with Gasteiger partial charge >= 0.3 is 0 Å². The van der Waals surface area contributed by atoms with Crippen LogP contribution in [0.25, 0.3) is 5.52 Å². The summed E-state index contributed by atoms with van der Waals surface area (Å²) in [4.78, 5) is 18.9. The highest BCUT2D eigenvalue weighted by Gasteiger charge is 2.24. The normalized spacial score (nSPS) is 18.5. The number of nitrogens with zero attached hydrogens (tertiary/aromatic N) is 7. The Kier molecular flexibility index (Phi) is 5.24. The van der Waals surface area contributed by atoms with E-state index >= 15 is 0 Å². The molecule has 0 amide bonds. The smallest absolute Gasteiger partial charge is 0.189 e. The molecule has 0 N–H and O–H groups in total. The maximum Gasteiger partial charge on any atom is 0.189 e. The van der Waals surface area contributed by atoms with Gasteiger partial charge in [-0.05, 0) is 25.2 Å². The summed E-state index contributed by atoms with van der Waals surface area (Å²) in [5.74, 6) is 2.52. The molecule has 0 saturated carbocycles. The monoisotopic (exact) mass is 411 g/mol. The van der Waals surface area contributed by atoms with Crippen LogP contribution in [-0.2, 0) is 4.74 Å². The van der Waals surface area contributed by atoms with Gasteiger partial charge in [0, 0.05) is 63.8 Å². The number of hydrogen-bond acceptors (Lipinski definition) is 8. The van der Waals surface area contributed by atoms with Crippen molar-refractivity contribution in [3.05, 3.63) is 36.4 Å². The number of fused-ring (bicyclic) bond motifs is 1. The molecule has 0 aliphatic carbocycles. The van der Waals surface area contributed by atoms with Crippen molar-refractivity contribution in [1.29, 1.82) is 0 Å². The summed E-state index contributed by atoms with van der Waals surface area (Å²) in [7, 11) is 0. The largest absolute Gasteiger partial charge is 0.381 e. The van der Waals surface area contributed by atoms with Gasteiger partial charge in [-0.25, -0.2) is 19.5 Å². The zero-order valence-electron chi connectivity index (χ0n) is 16.6. The minimum atomic E-state index is 0.473. The van der Waals surface area contributed by atoms with Gasteiger partial charge in [-0.2, -0.15) is 5.10 Å². The van der Waals surface area contributed by atoms with E-state index in [1.807, 2.05) is 35.4 Å². The van der Waals surface area contributed by atoms with Crippen LogP contribution < -0.4 is 9.80 Å². The van der Waals surface area contributed by atoms with Crippen molar-refractivity contribution in [2.45, 2.75) is 23.9 Å². The summed E-state index contributed by atoms with van der Waals surface area (Å²) in [5, 5.41) is 5.18. The van der Waals surface area contributed by atoms with E-state index in [1.54, 1.807) is 11.8 Å². The Morgan fingerprint density at radius 3 is 2.62 bits per heavy atom. The Hall–Kier alpha value is -2.39. The summed E-state index contributed by atoms with van der Waals surface area (Å²) in [6.07, 6.45) is 9.65. The van der Waals surface area contributed by atoms with E-state index in [1.165, 1.54) is 0 Å². The number of piperazine rings is 1. The predicted molar refractivity (Wildman–Crippen MR) is 114 cm³/mol. The molecule has 0 atom stereocenters. The van der Waals surface area contributed by atoms with E-state index in [2.05, 4.69) is 25.9 Å². The zero-order valence-corrected chi connectivity index (χ0v) is 17.4. The van der Waals surface area contributed by atoms with Gasteiger partial charge in [-0.15, -0.1) is 0 Å². The first-order chi connectivity index (χ1) is 14.3. The Balaban J connectivity index is 1.34. The molecule has 3 aromatic heterocycles. The lowest BCUT2D eigenvalue weighted by Crippen LogP contribution is -2.47. The summed E-state index contributed by atoms with van der Waals surface area (Å²) in [5.41, 5.74) is 2.21. The maximum atomic E-state index is 5.53. The number of anilines is 2. The molecule has 3 aromatic rings. The van der Waals surface area contributed by atoms with Crippen LogP contribution in [0.3, 0.4) is 0 Å². The molecule has 0 aromatic carbocycles. The maximum absolute atomic E-state index is 5.53. The average molecular weight is 412 g/mol. The van der Waals surface area contributed by atoms with E-state index in [-0.39, 0.29) is 0 Å². The third-order valence-corrected chi connectivity index (χ3v) is 6.29. The topological polar surface area (TPSA) is 71.7 Å². The lowest BCUT2D eigenvalue weighted by molar-refractivity contribution is 0.0843. The molecule has 0 bridgehead atoms. The first-order valence-electron chi connectivity index (χ1n) is 10.1. The predicted octanol–water partition coefficient (Wildman–Crippen LogP) is 2.46. The van der Waals surface area contributed by atoms with Crippen molar-refractivity contribution in [1.82, 2.24) is 24.6 Å². The lowest BCUT2D eigenvalue weighted by atomic mass is 9.96. The molecular weight excluding hydrogens is 386 g/mol. The summed E-state index contributed by atoms with van der Waals surface area (Å²) in [6.45, 7) is 5.28. The molecule has 5 rings (SSSR count). The Morgan fingerprint density at radius 2 is 1.83 bits per heavy atom. The van der Waals surface area contributed by atoms with Crippen LogP contribution in [0.2, 0.25) is 0 Å². The lowest BCUT2D eigenvalue weighted by Gasteiger charge is -2.36. The average Bonchev–Trinajstić information content (AvgIpc) is 3.28. The number of hydrogen-bond donors (Lipinski definition) is 0. The molecule has 2 fully saturated rings. The van der Waals surface area contributed by atoms with Crippen LogP contribution in [0.1, 0.15) is 24.5 Å². The molecule has 9 heteroatoms. The van der Waals surface area contributed by atoms with Crippen LogP contribution in [-0.4, -0.2) is 70.2 Å². The van der Waals surface area contributed by atoms with Gasteiger partial charge in [-0.1, -0.05) is 11.8 Å². The molecular formula is C20H25N7OS. The van der Waals surface area contributed by atoms with Crippen molar-refractivity contribution in [3.63, 3.8) is 0 Å². The number of aromatic nitrogens is 5. The third kappa shape index (κ3) is 3.76. The van der Waals surface area contributed by atoms with Crippen LogP contribution in [0.5, 0.6) is 0 Å². The van der Waals surface area contributed by atoms with Crippen LogP contribution in [0.15, 0.2) is 35.9 Å². The zero-order chi connectivity index (χ0) is 19.6. The summed E-state index contributed by atoms with van der Waals surface area (Å²) < 4.78 is 7.41. The van der Waals surface area contributed by atoms with E-state index in [4.69, 9.17) is 14.7 Å². The van der Waals surface area contributed by atoms with E-state index < -0.39 is 0 Å². The molecule has 0 unspecified atom stereocenters.